The lowest BCUT2D eigenvalue weighted by atomic mass is 9.96. The lowest BCUT2D eigenvalue weighted by Crippen LogP contribution is -2.14. The Bertz CT molecular complexity index is 1220. The van der Waals surface area contributed by atoms with Gasteiger partial charge in [-0.05, 0) is 34.4 Å². The van der Waals surface area contributed by atoms with E-state index in [-0.39, 0.29) is 11.8 Å². The quantitative estimate of drug-likeness (QED) is 0.332. The first-order valence-electron chi connectivity index (χ1n) is 8.67. The van der Waals surface area contributed by atoms with Crippen molar-refractivity contribution in [2.45, 2.75) is 5.92 Å². The van der Waals surface area contributed by atoms with Crippen LogP contribution in [0.2, 0.25) is 0 Å². The summed E-state index contributed by atoms with van der Waals surface area (Å²) in [5.74, 6) is -0.354. The van der Waals surface area contributed by atoms with Crippen LogP contribution in [0, 0.1) is 0 Å². The molecule has 0 saturated heterocycles. The molecular formula is C22H15N3O2. The molecule has 1 unspecified atom stereocenters. The third-order valence-electron chi connectivity index (χ3n) is 5.11. The Kier molecular flexibility index (Phi) is 3.40. The maximum atomic E-state index is 13.4. The first-order chi connectivity index (χ1) is 13.3. The molecule has 0 saturated carbocycles. The van der Waals surface area contributed by atoms with Crippen LogP contribution in [0.25, 0.3) is 22.0 Å². The summed E-state index contributed by atoms with van der Waals surface area (Å²) < 4.78 is 1.45. The van der Waals surface area contributed by atoms with E-state index in [0.29, 0.717) is 5.56 Å². The highest BCUT2D eigenvalue weighted by Crippen LogP contribution is 2.45. The molecule has 5 rings (SSSR count). The molecule has 1 aromatic heterocycles. The van der Waals surface area contributed by atoms with E-state index in [2.05, 4.69) is 10.3 Å². The molecule has 0 aliphatic heterocycles. The van der Waals surface area contributed by atoms with Gasteiger partial charge in [0.2, 0.25) is 0 Å². The number of benzene rings is 3. The van der Waals surface area contributed by atoms with E-state index < -0.39 is 0 Å². The molecule has 0 spiro atoms. The predicted molar refractivity (Wildman–Crippen MR) is 103 cm³/mol. The highest BCUT2D eigenvalue weighted by molar-refractivity contribution is 6.08. The molecule has 0 amide bonds. The third kappa shape index (κ3) is 2.22. The molecule has 130 valence electrons. The van der Waals surface area contributed by atoms with E-state index in [1.165, 1.54) is 10.9 Å². The van der Waals surface area contributed by atoms with Crippen molar-refractivity contribution in [3.63, 3.8) is 0 Å². The molecule has 4 aromatic rings. The van der Waals surface area contributed by atoms with Crippen molar-refractivity contribution in [1.29, 1.82) is 0 Å². The zero-order chi connectivity index (χ0) is 18.4. The van der Waals surface area contributed by atoms with Gasteiger partial charge in [0.05, 0.1) is 17.9 Å². The summed E-state index contributed by atoms with van der Waals surface area (Å²) >= 11 is 0. The van der Waals surface area contributed by atoms with Crippen LogP contribution in [0.5, 0.6) is 0 Å². The summed E-state index contributed by atoms with van der Waals surface area (Å²) in [4.78, 5) is 13.4. The van der Waals surface area contributed by atoms with Gasteiger partial charge in [0.25, 0.3) is 5.91 Å². The fourth-order valence-corrected chi connectivity index (χ4v) is 3.95. The number of fused-ring (bicyclic) bond motifs is 4. The smallest absolute Gasteiger partial charge is 0.279 e. The minimum atomic E-state index is -0.177. The second kappa shape index (κ2) is 5.92. The number of carbonyl (C=O) groups is 1. The minimum absolute atomic E-state index is 0.176. The monoisotopic (exact) mass is 353 g/mol. The topological polar surface area (TPSA) is 67.5 Å². The number of rotatable bonds is 2. The molecule has 3 aromatic carbocycles. The van der Waals surface area contributed by atoms with Crippen LogP contribution >= 0.6 is 0 Å². The van der Waals surface area contributed by atoms with Crippen molar-refractivity contribution in [1.82, 2.24) is 9.78 Å². The van der Waals surface area contributed by atoms with Crippen molar-refractivity contribution in [3.8, 4) is 11.1 Å². The zero-order valence-corrected chi connectivity index (χ0v) is 14.3. The number of nitrogens with zero attached hydrogens (tertiary/aromatic N) is 3. The van der Waals surface area contributed by atoms with Crippen molar-refractivity contribution in [2.24, 2.45) is 5.16 Å². The standard InChI is InChI=1S/C22H15N3O2/c26-22(25-20-11-4-1-6-14(20)12-23-25)18-10-5-9-17-19(13-24-27)15-7-2-3-8-16(15)21(17)18/h1-13,19,27H. The van der Waals surface area contributed by atoms with E-state index in [0.717, 1.165) is 33.2 Å². The van der Waals surface area contributed by atoms with Gasteiger partial charge in [0.15, 0.2) is 0 Å². The van der Waals surface area contributed by atoms with Crippen LogP contribution < -0.4 is 0 Å². The molecule has 5 heteroatoms. The molecule has 0 radical (unpaired) electrons. The maximum Gasteiger partial charge on any atom is 0.279 e. The highest BCUT2D eigenvalue weighted by atomic mass is 16.4. The highest BCUT2D eigenvalue weighted by Gasteiger charge is 2.31. The summed E-state index contributed by atoms with van der Waals surface area (Å²) in [6.07, 6.45) is 3.20. The van der Waals surface area contributed by atoms with Crippen LogP contribution in [0.15, 0.2) is 78.1 Å². The zero-order valence-electron chi connectivity index (χ0n) is 14.3. The number of hydrogen-bond acceptors (Lipinski definition) is 4. The summed E-state index contributed by atoms with van der Waals surface area (Å²) in [7, 11) is 0. The van der Waals surface area contributed by atoms with E-state index >= 15 is 0 Å². The van der Waals surface area contributed by atoms with Gasteiger partial charge in [-0.1, -0.05) is 54.6 Å². The van der Waals surface area contributed by atoms with Crippen LogP contribution in [-0.2, 0) is 0 Å². The molecule has 0 bridgehead atoms. The molecule has 1 atom stereocenters. The van der Waals surface area contributed by atoms with Crippen molar-refractivity contribution < 1.29 is 10.0 Å². The largest absolute Gasteiger partial charge is 0.411 e. The van der Waals surface area contributed by atoms with E-state index in [1.54, 1.807) is 6.20 Å². The van der Waals surface area contributed by atoms with E-state index in [9.17, 15) is 4.79 Å². The molecular weight excluding hydrogens is 338 g/mol. The molecule has 27 heavy (non-hydrogen) atoms. The average Bonchev–Trinajstić information content (AvgIpc) is 3.28. The average molecular weight is 353 g/mol. The van der Waals surface area contributed by atoms with Crippen molar-refractivity contribution in [3.05, 3.63) is 89.6 Å². The molecule has 1 aliphatic rings. The summed E-state index contributed by atoms with van der Waals surface area (Å²) in [6.45, 7) is 0. The van der Waals surface area contributed by atoms with Crippen LogP contribution in [0.3, 0.4) is 0 Å². The molecule has 5 nitrogen and oxygen atoms in total. The fraction of sp³-hybridized carbons (Fsp3) is 0.0455. The van der Waals surface area contributed by atoms with Gasteiger partial charge in [-0.25, -0.2) is 0 Å². The van der Waals surface area contributed by atoms with Crippen LogP contribution in [0.1, 0.15) is 27.4 Å². The first-order valence-corrected chi connectivity index (χ1v) is 8.67. The Morgan fingerprint density at radius 3 is 2.67 bits per heavy atom. The Labute approximate surface area is 155 Å². The lowest BCUT2D eigenvalue weighted by Gasteiger charge is -2.10. The van der Waals surface area contributed by atoms with Gasteiger partial charge in [0, 0.05) is 16.9 Å². The number of para-hydroxylation sites is 1. The second-order valence-corrected chi connectivity index (χ2v) is 6.52. The number of carbonyl (C=O) groups excluding carboxylic acids is 1. The number of hydrogen-bond donors (Lipinski definition) is 1. The number of oxime groups is 1. The van der Waals surface area contributed by atoms with Gasteiger partial charge in [-0.3, -0.25) is 4.79 Å². The van der Waals surface area contributed by atoms with Gasteiger partial charge in [0.1, 0.15) is 0 Å². The van der Waals surface area contributed by atoms with Gasteiger partial charge in [-0.15, -0.1) is 5.16 Å². The minimum Gasteiger partial charge on any atom is -0.411 e. The summed E-state index contributed by atoms with van der Waals surface area (Å²) in [5, 5.41) is 17.6. The Morgan fingerprint density at radius 1 is 1.00 bits per heavy atom. The van der Waals surface area contributed by atoms with Crippen LogP contribution in [0.4, 0.5) is 0 Å². The Morgan fingerprint density at radius 2 is 1.78 bits per heavy atom. The molecule has 1 N–H and O–H groups in total. The van der Waals surface area contributed by atoms with Gasteiger partial charge in [-0.2, -0.15) is 9.78 Å². The Balaban J connectivity index is 1.74. The predicted octanol–water partition coefficient (Wildman–Crippen LogP) is 4.30. The number of aromatic nitrogens is 2. The normalized spacial score (nSPS) is 15.2. The second-order valence-electron chi connectivity index (χ2n) is 6.52. The summed E-state index contributed by atoms with van der Waals surface area (Å²) in [6, 6.07) is 21.2. The molecule has 1 aliphatic carbocycles. The van der Waals surface area contributed by atoms with E-state index in [4.69, 9.17) is 5.21 Å². The van der Waals surface area contributed by atoms with Crippen molar-refractivity contribution in [2.75, 3.05) is 0 Å². The molecule has 1 heterocycles. The maximum absolute atomic E-state index is 13.4. The van der Waals surface area contributed by atoms with Gasteiger partial charge < -0.3 is 5.21 Å². The van der Waals surface area contributed by atoms with Gasteiger partial charge >= 0.3 is 0 Å². The van der Waals surface area contributed by atoms with Crippen LogP contribution in [-0.4, -0.2) is 27.1 Å². The molecule has 0 fully saturated rings. The third-order valence-corrected chi connectivity index (χ3v) is 5.11. The summed E-state index contributed by atoms with van der Waals surface area (Å²) in [5.41, 5.74) is 5.20. The SMILES string of the molecule is O=C(c1cccc2c1-c1ccccc1C2C=NO)n1ncc2ccccc21. The van der Waals surface area contributed by atoms with Crippen molar-refractivity contribution >= 4 is 23.0 Å². The first kappa shape index (κ1) is 15.5. The Hall–Kier alpha value is -3.73. The fourth-order valence-electron chi connectivity index (χ4n) is 3.95. The lowest BCUT2D eigenvalue weighted by molar-refractivity contribution is 0.0951. The van der Waals surface area contributed by atoms with E-state index in [1.807, 2.05) is 66.7 Å².